The van der Waals surface area contributed by atoms with Crippen LogP contribution < -0.4 is 14.9 Å². The second-order valence-electron chi connectivity index (χ2n) is 8.52. The van der Waals surface area contributed by atoms with Gasteiger partial charge in [-0.15, -0.1) is 0 Å². The molecule has 39 heavy (non-hydrogen) atoms. The summed E-state index contributed by atoms with van der Waals surface area (Å²) in [6.45, 7) is 2.36. The molecule has 3 aromatic rings. The van der Waals surface area contributed by atoms with Crippen LogP contribution in [0.15, 0.2) is 83.8 Å². The van der Waals surface area contributed by atoms with Gasteiger partial charge >= 0.3 is 12.1 Å². The van der Waals surface area contributed by atoms with Gasteiger partial charge in [0.1, 0.15) is 19.7 Å². The predicted molar refractivity (Wildman–Crippen MR) is 147 cm³/mol. The Morgan fingerprint density at radius 3 is 2.36 bits per heavy atom. The van der Waals surface area contributed by atoms with Crippen LogP contribution in [0.4, 0.5) is 16.2 Å². The third-order valence-corrected chi connectivity index (χ3v) is 7.05. The van der Waals surface area contributed by atoms with Gasteiger partial charge in [0.2, 0.25) is 5.91 Å². The van der Waals surface area contributed by atoms with E-state index in [-0.39, 0.29) is 27.9 Å². The summed E-state index contributed by atoms with van der Waals surface area (Å²) in [5.41, 5.74) is 1.12. The van der Waals surface area contributed by atoms with E-state index in [1.807, 2.05) is 18.2 Å². The molecule has 10 nitrogen and oxygen atoms in total. The molecule has 0 heterocycles. The summed E-state index contributed by atoms with van der Waals surface area (Å²) < 4.78 is 38.3. The third kappa shape index (κ3) is 9.01. The first-order valence-corrected chi connectivity index (χ1v) is 13.7. The van der Waals surface area contributed by atoms with Crippen molar-refractivity contribution in [3.63, 3.8) is 0 Å². The van der Waals surface area contributed by atoms with Crippen LogP contribution in [0.5, 0.6) is 0 Å². The lowest BCUT2D eigenvalue weighted by molar-refractivity contribution is -0.145. The number of alkyl carbamates (subject to hydrolysis) is 1. The van der Waals surface area contributed by atoms with Crippen LogP contribution in [0.3, 0.4) is 0 Å². The van der Waals surface area contributed by atoms with Crippen LogP contribution in [0, 0.1) is 0 Å². The minimum atomic E-state index is -4.29. The molecule has 2 N–H and O–H groups in total. The number of nitrogens with one attached hydrogen (secondary N) is 2. The number of ether oxygens (including phenoxy) is 2. The zero-order valence-electron chi connectivity index (χ0n) is 21.3. The Labute approximate surface area is 231 Å². The molecular weight excluding hydrogens is 546 g/mol. The number of carbonyl (C=O) groups is 3. The second kappa shape index (κ2) is 13.6. The molecule has 0 aliphatic heterocycles. The number of hydrogen-bond acceptors (Lipinski definition) is 7. The molecule has 0 radical (unpaired) electrons. The first-order chi connectivity index (χ1) is 18.5. The lowest BCUT2D eigenvalue weighted by Crippen LogP contribution is -2.37. The standard InChI is InChI=1S/C27H28ClN3O7S/c1-19(2)38-26(33)17-31(23-12-6-10-21(28)14-23)39(35,36)24-13-7-11-22(15-24)30-25(32)16-29-27(34)37-18-20-8-4-3-5-9-20/h3-15,19H,16-18H2,1-2H3,(H,29,34)(H,30,32). The topological polar surface area (TPSA) is 131 Å². The summed E-state index contributed by atoms with van der Waals surface area (Å²) in [5.74, 6) is -1.35. The number of carbonyl (C=O) groups excluding carboxylic acids is 3. The normalized spacial score (nSPS) is 11.0. The van der Waals surface area contributed by atoms with Crippen molar-refractivity contribution in [1.82, 2.24) is 5.32 Å². The van der Waals surface area contributed by atoms with E-state index in [0.29, 0.717) is 0 Å². The van der Waals surface area contributed by atoms with Crippen molar-refractivity contribution in [1.29, 1.82) is 0 Å². The van der Waals surface area contributed by atoms with Gasteiger partial charge in [0, 0.05) is 10.7 Å². The number of sulfonamides is 1. The monoisotopic (exact) mass is 573 g/mol. The number of benzene rings is 3. The maximum absolute atomic E-state index is 13.6. The van der Waals surface area contributed by atoms with Crippen molar-refractivity contribution in [3.8, 4) is 0 Å². The number of halogens is 1. The molecule has 0 unspecified atom stereocenters. The number of anilines is 2. The Morgan fingerprint density at radius 2 is 1.67 bits per heavy atom. The SMILES string of the molecule is CC(C)OC(=O)CN(c1cccc(Cl)c1)S(=O)(=O)c1cccc(NC(=O)CNC(=O)OCc2ccccc2)c1. The highest BCUT2D eigenvalue weighted by atomic mass is 35.5. The summed E-state index contributed by atoms with van der Waals surface area (Å²) in [5, 5.41) is 5.15. The van der Waals surface area contributed by atoms with Gasteiger partial charge in [-0.05, 0) is 55.8 Å². The molecule has 206 valence electrons. The highest BCUT2D eigenvalue weighted by Gasteiger charge is 2.28. The van der Waals surface area contributed by atoms with E-state index in [9.17, 15) is 22.8 Å². The average Bonchev–Trinajstić information content (AvgIpc) is 2.89. The smallest absolute Gasteiger partial charge is 0.407 e. The largest absolute Gasteiger partial charge is 0.462 e. The van der Waals surface area contributed by atoms with Crippen molar-refractivity contribution < 1.29 is 32.3 Å². The number of amides is 2. The second-order valence-corrected chi connectivity index (χ2v) is 10.8. The first-order valence-electron chi connectivity index (χ1n) is 11.9. The fourth-order valence-corrected chi connectivity index (χ4v) is 4.99. The van der Waals surface area contributed by atoms with Crippen LogP contribution in [0.2, 0.25) is 5.02 Å². The van der Waals surface area contributed by atoms with E-state index in [0.717, 1.165) is 9.87 Å². The predicted octanol–water partition coefficient (Wildman–Crippen LogP) is 4.35. The molecule has 0 spiro atoms. The van der Waals surface area contributed by atoms with E-state index in [1.54, 1.807) is 38.1 Å². The Bertz CT molecular complexity index is 1420. The molecule has 0 bridgehead atoms. The van der Waals surface area contributed by atoms with Gasteiger partial charge in [0.05, 0.1) is 16.7 Å². The van der Waals surface area contributed by atoms with E-state index in [4.69, 9.17) is 21.1 Å². The van der Waals surface area contributed by atoms with Crippen molar-refractivity contribution in [3.05, 3.63) is 89.4 Å². The molecule has 3 aromatic carbocycles. The maximum Gasteiger partial charge on any atom is 0.407 e. The molecule has 0 atom stereocenters. The van der Waals surface area contributed by atoms with Crippen molar-refractivity contribution in [2.75, 3.05) is 22.7 Å². The zero-order chi connectivity index (χ0) is 28.4. The van der Waals surface area contributed by atoms with E-state index >= 15 is 0 Å². The van der Waals surface area contributed by atoms with E-state index in [1.165, 1.54) is 36.4 Å². The maximum atomic E-state index is 13.6. The number of nitrogens with zero attached hydrogens (tertiary/aromatic N) is 1. The summed E-state index contributed by atoms with van der Waals surface area (Å²) in [4.78, 5) is 36.5. The van der Waals surface area contributed by atoms with Crippen LogP contribution in [-0.4, -0.2) is 45.6 Å². The van der Waals surface area contributed by atoms with E-state index < -0.39 is 47.2 Å². The summed E-state index contributed by atoms with van der Waals surface area (Å²) in [7, 11) is -4.29. The van der Waals surface area contributed by atoms with Gasteiger partial charge in [0.15, 0.2) is 0 Å². The van der Waals surface area contributed by atoms with Crippen molar-refractivity contribution in [2.24, 2.45) is 0 Å². The minimum absolute atomic E-state index is 0.0437. The molecule has 12 heteroatoms. The minimum Gasteiger partial charge on any atom is -0.462 e. The van der Waals surface area contributed by atoms with Gasteiger partial charge in [0.25, 0.3) is 10.0 Å². The molecule has 0 aliphatic carbocycles. The molecule has 2 amide bonds. The summed E-state index contributed by atoms with van der Waals surface area (Å²) >= 11 is 6.07. The average molecular weight is 574 g/mol. The first kappa shape index (κ1) is 29.5. The van der Waals surface area contributed by atoms with Crippen molar-refractivity contribution in [2.45, 2.75) is 31.5 Å². The van der Waals surface area contributed by atoms with Crippen LogP contribution >= 0.6 is 11.6 Å². The fraction of sp³-hybridized carbons (Fsp3) is 0.222. The summed E-state index contributed by atoms with van der Waals surface area (Å²) in [6.07, 6.45) is -1.22. The zero-order valence-corrected chi connectivity index (χ0v) is 22.9. The third-order valence-electron chi connectivity index (χ3n) is 5.05. The Hall–Kier alpha value is -4.09. The molecule has 0 saturated heterocycles. The quantitative estimate of drug-likeness (QED) is 0.326. The van der Waals surface area contributed by atoms with Crippen LogP contribution in [-0.2, 0) is 35.7 Å². The molecule has 0 fully saturated rings. The highest BCUT2D eigenvalue weighted by Crippen LogP contribution is 2.27. The number of rotatable bonds is 11. The lowest BCUT2D eigenvalue weighted by Gasteiger charge is -2.24. The lowest BCUT2D eigenvalue weighted by atomic mass is 10.2. The van der Waals surface area contributed by atoms with Gasteiger partial charge in [-0.2, -0.15) is 0 Å². The molecular formula is C27H28ClN3O7S. The Kier molecular flexibility index (Phi) is 10.3. The molecule has 0 saturated carbocycles. The van der Waals surface area contributed by atoms with Crippen molar-refractivity contribution >= 4 is 51.0 Å². The number of esters is 1. The summed E-state index contributed by atoms with van der Waals surface area (Å²) in [6, 6.07) is 20.6. The Balaban J connectivity index is 1.69. The van der Waals surface area contributed by atoms with Gasteiger partial charge in [-0.25, -0.2) is 13.2 Å². The van der Waals surface area contributed by atoms with Gasteiger partial charge in [-0.1, -0.05) is 54.1 Å². The van der Waals surface area contributed by atoms with Crippen LogP contribution in [0.25, 0.3) is 0 Å². The Morgan fingerprint density at radius 1 is 0.949 bits per heavy atom. The number of hydrogen-bond donors (Lipinski definition) is 2. The van der Waals surface area contributed by atoms with Gasteiger partial charge < -0.3 is 20.1 Å². The molecule has 0 aromatic heterocycles. The molecule has 3 rings (SSSR count). The molecule has 0 aliphatic rings. The van der Waals surface area contributed by atoms with Crippen LogP contribution in [0.1, 0.15) is 19.4 Å². The fourth-order valence-electron chi connectivity index (χ4n) is 3.36. The van der Waals surface area contributed by atoms with E-state index in [2.05, 4.69) is 10.6 Å². The van der Waals surface area contributed by atoms with Gasteiger partial charge in [-0.3, -0.25) is 13.9 Å². The highest BCUT2D eigenvalue weighted by molar-refractivity contribution is 7.92.